The zero-order chi connectivity index (χ0) is 21.7. The van der Waals surface area contributed by atoms with Gasteiger partial charge in [0.05, 0.1) is 6.04 Å². The molecule has 1 aliphatic heterocycles. The molecule has 0 aliphatic carbocycles. The fourth-order valence-corrected chi connectivity index (χ4v) is 3.92. The predicted molar refractivity (Wildman–Crippen MR) is 125 cm³/mol. The average Bonchev–Trinajstić information content (AvgIpc) is 2.75. The van der Waals surface area contributed by atoms with Gasteiger partial charge in [0.1, 0.15) is 5.75 Å². The second-order valence-corrected chi connectivity index (χ2v) is 8.82. The largest absolute Gasteiger partial charge is 0.481 e. The van der Waals surface area contributed by atoms with Crippen molar-refractivity contribution in [1.29, 1.82) is 0 Å². The molecule has 1 heterocycles. The van der Waals surface area contributed by atoms with Gasteiger partial charge in [0.2, 0.25) is 0 Å². The number of amides is 1. The van der Waals surface area contributed by atoms with Crippen LogP contribution in [0.2, 0.25) is 5.02 Å². The highest BCUT2D eigenvalue weighted by Crippen LogP contribution is 2.25. The quantitative estimate of drug-likeness (QED) is 0.595. The van der Waals surface area contributed by atoms with Crippen molar-refractivity contribution in [3.63, 3.8) is 0 Å². The molecule has 2 aromatic rings. The second-order valence-electron chi connectivity index (χ2n) is 8.42. The number of rotatable bonds is 7. The number of hydrogen-bond acceptors (Lipinski definition) is 3. The maximum Gasteiger partial charge on any atom is 0.261 e. The summed E-state index contributed by atoms with van der Waals surface area (Å²) in [5, 5.41) is 3.79. The Morgan fingerprint density at radius 1 is 1.20 bits per heavy atom. The molecule has 1 N–H and O–H groups in total. The van der Waals surface area contributed by atoms with Gasteiger partial charge in [-0.05, 0) is 80.5 Å². The molecule has 3 rings (SSSR count). The summed E-state index contributed by atoms with van der Waals surface area (Å²) in [4.78, 5) is 15.2. The highest BCUT2D eigenvalue weighted by Gasteiger charge is 2.21. The molecule has 0 bridgehead atoms. The number of carbonyl (C=O) groups excluding carboxylic acids is 1. The normalized spacial score (nSPS) is 16.8. The van der Waals surface area contributed by atoms with Crippen molar-refractivity contribution in [2.45, 2.75) is 59.1 Å². The summed E-state index contributed by atoms with van der Waals surface area (Å²) in [6.07, 6.45) is 2.55. The number of benzene rings is 2. The molecule has 162 valence electrons. The van der Waals surface area contributed by atoms with Gasteiger partial charge in [0.15, 0.2) is 6.10 Å². The third kappa shape index (κ3) is 5.69. The number of ether oxygens (including phenoxy) is 1. The molecule has 0 spiro atoms. The molecule has 0 radical (unpaired) electrons. The highest BCUT2D eigenvalue weighted by molar-refractivity contribution is 6.31. The molecule has 2 atom stereocenters. The van der Waals surface area contributed by atoms with E-state index in [0.29, 0.717) is 17.2 Å². The van der Waals surface area contributed by atoms with E-state index in [2.05, 4.69) is 41.4 Å². The SMILES string of the molecule is CC[C@@H](Oc1ccc(Cl)c(C)c1)C(=O)N[C@H](C)c1ccc(N2CCC(C)CC2)cc1. The summed E-state index contributed by atoms with van der Waals surface area (Å²) in [6.45, 7) is 10.4. The molecule has 30 heavy (non-hydrogen) atoms. The number of carbonyl (C=O) groups is 1. The maximum absolute atomic E-state index is 12.8. The van der Waals surface area contributed by atoms with E-state index in [0.717, 1.165) is 30.1 Å². The van der Waals surface area contributed by atoms with E-state index in [1.807, 2.05) is 26.8 Å². The van der Waals surface area contributed by atoms with Gasteiger partial charge < -0.3 is 15.0 Å². The van der Waals surface area contributed by atoms with E-state index in [-0.39, 0.29) is 11.9 Å². The third-order valence-electron chi connectivity index (χ3n) is 5.97. The molecule has 1 fully saturated rings. The van der Waals surface area contributed by atoms with E-state index >= 15 is 0 Å². The lowest BCUT2D eigenvalue weighted by molar-refractivity contribution is -0.128. The van der Waals surface area contributed by atoms with Gasteiger partial charge in [0, 0.05) is 23.8 Å². The molecule has 0 saturated carbocycles. The zero-order valence-corrected chi connectivity index (χ0v) is 19.2. The van der Waals surface area contributed by atoms with Gasteiger partial charge in [-0.2, -0.15) is 0 Å². The molecule has 1 amide bonds. The molecule has 1 aliphatic rings. The van der Waals surface area contributed by atoms with Crippen LogP contribution in [0, 0.1) is 12.8 Å². The van der Waals surface area contributed by atoms with Crippen LogP contribution >= 0.6 is 11.6 Å². The molecular weight excluding hydrogens is 396 g/mol. The first-order valence-corrected chi connectivity index (χ1v) is 11.3. The van der Waals surface area contributed by atoms with Gasteiger partial charge in [-0.3, -0.25) is 4.79 Å². The summed E-state index contributed by atoms with van der Waals surface area (Å²) in [6, 6.07) is 13.9. The standard InChI is InChI=1S/C25H33ClN2O2/c1-5-24(30-22-10-11-23(26)18(3)16-22)25(29)27-19(4)20-6-8-21(9-7-20)28-14-12-17(2)13-15-28/h6-11,16-17,19,24H,5,12-15H2,1-4H3,(H,27,29)/t19-,24-/m1/s1. The Morgan fingerprint density at radius 3 is 2.47 bits per heavy atom. The summed E-state index contributed by atoms with van der Waals surface area (Å²) in [7, 11) is 0. The second kappa shape index (κ2) is 10.2. The first-order chi connectivity index (χ1) is 14.4. The number of nitrogens with zero attached hydrogens (tertiary/aromatic N) is 1. The number of anilines is 1. The Hall–Kier alpha value is -2.20. The van der Waals surface area contributed by atoms with E-state index < -0.39 is 6.10 Å². The van der Waals surface area contributed by atoms with Crippen molar-refractivity contribution < 1.29 is 9.53 Å². The molecule has 5 heteroatoms. The van der Waals surface area contributed by atoms with Crippen molar-refractivity contribution in [2.24, 2.45) is 5.92 Å². The van der Waals surface area contributed by atoms with Gasteiger partial charge in [-0.1, -0.05) is 37.6 Å². The number of nitrogens with one attached hydrogen (secondary N) is 1. The summed E-state index contributed by atoms with van der Waals surface area (Å²) in [5.41, 5.74) is 3.28. The van der Waals surface area contributed by atoms with Crippen molar-refractivity contribution >= 4 is 23.2 Å². The topological polar surface area (TPSA) is 41.6 Å². The van der Waals surface area contributed by atoms with Gasteiger partial charge in [0.25, 0.3) is 5.91 Å². The summed E-state index contributed by atoms with van der Waals surface area (Å²) >= 11 is 6.08. The minimum absolute atomic E-state index is 0.0856. The van der Waals surface area contributed by atoms with Crippen LogP contribution < -0.4 is 15.0 Å². The van der Waals surface area contributed by atoms with Crippen LogP contribution in [-0.4, -0.2) is 25.1 Å². The van der Waals surface area contributed by atoms with E-state index in [4.69, 9.17) is 16.3 Å². The first-order valence-electron chi connectivity index (χ1n) is 11.0. The van der Waals surface area contributed by atoms with E-state index in [9.17, 15) is 4.79 Å². The van der Waals surface area contributed by atoms with Gasteiger partial charge in [-0.15, -0.1) is 0 Å². The monoisotopic (exact) mass is 428 g/mol. The van der Waals surface area contributed by atoms with Gasteiger partial charge >= 0.3 is 0 Å². The number of hydrogen-bond donors (Lipinski definition) is 1. The molecule has 4 nitrogen and oxygen atoms in total. The van der Waals surface area contributed by atoms with Crippen molar-refractivity contribution in [2.75, 3.05) is 18.0 Å². The lowest BCUT2D eigenvalue weighted by atomic mass is 9.98. The molecule has 1 saturated heterocycles. The van der Waals surface area contributed by atoms with Crippen LogP contribution in [0.25, 0.3) is 0 Å². The summed E-state index contributed by atoms with van der Waals surface area (Å²) in [5.74, 6) is 1.37. The van der Waals surface area contributed by atoms with Crippen molar-refractivity contribution in [3.05, 3.63) is 58.6 Å². The number of aryl methyl sites for hydroxylation is 1. The minimum atomic E-state index is -0.539. The minimum Gasteiger partial charge on any atom is -0.481 e. The third-order valence-corrected chi connectivity index (χ3v) is 6.40. The van der Waals surface area contributed by atoms with Crippen LogP contribution in [0.4, 0.5) is 5.69 Å². The predicted octanol–water partition coefficient (Wildman–Crippen LogP) is 5.92. The Morgan fingerprint density at radius 2 is 1.87 bits per heavy atom. The fraction of sp³-hybridized carbons (Fsp3) is 0.480. The van der Waals surface area contributed by atoms with Crippen LogP contribution in [0.15, 0.2) is 42.5 Å². The maximum atomic E-state index is 12.8. The Balaban J connectivity index is 1.58. The Kier molecular flexibility index (Phi) is 7.65. The summed E-state index contributed by atoms with van der Waals surface area (Å²) < 4.78 is 5.93. The highest BCUT2D eigenvalue weighted by atomic mass is 35.5. The number of piperidine rings is 1. The molecule has 0 aromatic heterocycles. The first kappa shape index (κ1) is 22.5. The molecule has 2 aromatic carbocycles. The smallest absolute Gasteiger partial charge is 0.261 e. The molecular formula is C25H33ClN2O2. The molecule has 0 unspecified atom stereocenters. The lowest BCUT2D eigenvalue weighted by Crippen LogP contribution is -2.39. The van der Waals surface area contributed by atoms with Crippen LogP contribution in [0.3, 0.4) is 0 Å². The average molecular weight is 429 g/mol. The van der Waals surface area contributed by atoms with Crippen molar-refractivity contribution in [1.82, 2.24) is 5.32 Å². The Bertz CT molecular complexity index is 845. The van der Waals surface area contributed by atoms with Crippen LogP contribution in [0.5, 0.6) is 5.75 Å². The van der Waals surface area contributed by atoms with Gasteiger partial charge in [-0.25, -0.2) is 0 Å². The fourth-order valence-electron chi connectivity index (χ4n) is 3.81. The van der Waals surface area contributed by atoms with E-state index in [1.54, 1.807) is 12.1 Å². The van der Waals surface area contributed by atoms with Crippen molar-refractivity contribution in [3.8, 4) is 5.75 Å². The number of halogens is 1. The van der Waals surface area contributed by atoms with E-state index in [1.165, 1.54) is 18.5 Å². The lowest BCUT2D eigenvalue weighted by Gasteiger charge is -2.32. The zero-order valence-electron chi connectivity index (χ0n) is 18.5. The van der Waals surface area contributed by atoms with Crippen LogP contribution in [-0.2, 0) is 4.79 Å². The van der Waals surface area contributed by atoms with Crippen LogP contribution in [0.1, 0.15) is 57.2 Å². The Labute approximate surface area is 185 Å².